The largest absolute Gasteiger partial charge is 0.484 e. The van der Waals surface area contributed by atoms with E-state index >= 15 is 0 Å². The van der Waals surface area contributed by atoms with Crippen LogP contribution in [-0.4, -0.2) is 42.1 Å². The zero-order valence-corrected chi connectivity index (χ0v) is 16.9. The van der Waals surface area contributed by atoms with Crippen molar-refractivity contribution in [3.8, 4) is 5.75 Å². The molecule has 1 atom stereocenters. The average molecular weight is 424 g/mol. The van der Waals surface area contributed by atoms with Gasteiger partial charge in [-0.2, -0.15) is 0 Å². The summed E-state index contributed by atoms with van der Waals surface area (Å²) >= 11 is 11.8. The molecule has 150 valence electrons. The third kappa shape index (κ3) is 4.14. The Morgan fingerprint density at radius 3 is 2.46 bits per heavy atom. The molecule has 8 heteroatoms. The van der Waals surface area contributed by atoms with Crippen molar-refractivity contribution in [3.05, 3.63) is 40.4 Å². The lowest BCUT2D eigenvalue weighted by molar-refractivity contribution is -0.150. The highest BCUT2D eigenvalue weighted by Crippen LogP contribution is 2.60. The van der Waals surface area contributed by atoms with E-state index in [1.165, 1.54) is 0 Å². The van der Waals surface area contributed by atoms with Crippen LogP contribution in [0.15, 0.2) is 30.4 Å². The SMILES string of the molecule is O=C(COc1ccc(Cl)c(Cl)c1)NC12CC(NC(=O)CC3C=CCCN3)(C1)C2. The zero-order chi connectivity index (χ0) is 19.8. The van der Waals surface area contributed by atoms with E-state index in [0.717, 1.165) is 32.2 Å². The van der Waals surface area contributed by atoms with Crippen LogP contribution in [0, 0.1) is 0 Å². The van der Waals surface area contributed by atoms with Crippen LogP contribution in [0.3, 0.4) is 0 Å². The van der Waals surface area contributed by atoms with Crippen LogP contribution in [-0.2, 0) is 9.59 Å². The number of benzene rings is 1. The lowest BCUT2D eigenvalue weighted by atomic mass is 9.44. The summed E-state index contributed by atoms with van der Waals surface area (Å²) < 4.78 is 5.47. The monoisotopic (exact) mass is 423 g/mol. The highest BCUT2D eigenvalue weighted by Gasteiger charge is 2.69. The van der Waals surface area contributed by atoms with Crippen molar-refractivity contribution in [1.82, 2.24) is 16.0 Å². The molecular formula is C20H23Cl2N3O3. The van der Waals surface area contributed by atoms with Crippen LogP contribution in [0.4, 0.5) is 0 Å². The molecule has 0 saturated heterocycles. The summed E-state index contributed by atoms with van der Waals surface area (Å²) in [5.41, 5.74) is -0.346. The molecule has 1 unspecified atom stereocenters. The summed E-state index contributed by atoms with van der Waals surface area (Å²) in [6.45, 7) is 0.831. The Bertz CT molecular complexity index is 807. The van der Waals surface area contributed by atoms with E-state index in [4.69, 9.17) is 27.9 Å². The van der Waals surface area contributed by atoms with Gasteiger partial charge in [0.25, 0.3) is 5.91 Å². The number of nitrogens with one attached hydrogen (secondary N) is 3. The molecule has 3 aliphatic carbocycles. The molecule has 2 bridgehead atoms. The molecule has 0 spiro atoms. The van der Waals surface area contributed by atoms with Crippen LogP contribution in [0.25, 0.3) is 0 Å². The van der Waals surface area contributed by atoms with Gasteiger partial charge >= 0.3 is 0 Å². The van der Waals surface area contributed by atoms with Crippen molar-refractivity contribution in [3.63, 3.8) is 0 Å². The van der Waals surface area contributed by atoms with Gasteiger partial charge in [-0.1, -0.05) is 35.4 Å². The number of carbonyl (C=O) groups excluding carboxylic acids is 2. The van der Waals surface area contributed by atoms with Gasteiger partial charge in [0.15, 0.2) is 6.61 Å². The fraction of sp³-hybridized carbons (Fsp3) is 0.500. The maximum Gasteiger partial charge on any atom is 0.258 e. The molecule has 1 aliphatic heterocycles. The maximum absolute atomic E-state index is 12.3. The summed E-state index contributed by atoms with van der Waals surface area (Å²) in [6.07, 6.45) is 7.96. The fourth-order valence-electron chi connectivity index (χ4n) is 4.47. The molecule has 5 rings (SSSR count). The number of rotatable bonds is 7. The number of hydrogen-bond donors (Lipinski definition) is 3. The first-order valence-electron chi connectivity index (χ1n) is 9.47. The Balaban J connectivity index is 1.18. The van der Waals surface area contributed by atoms with E-state index in [9.17, 15) is 9.59 Å². The lowest BCUT2D eigenvalue weighted by Crippen LogP contribution is -2.84. The standard InChI is InChI=1S/C20H23Cl2N3O3/c21-15-5-4-14(8-16(15)22)28-9-18(27)25-20-10-19(11-20,12-20)24-17(26)7-13-3-1-2-6-23-13/h1,3-5,8,13,23H,2,6-7,9-12H2,(H,24,26)(H,25,27). The summed E-state index contributed by atoms with van der Waals surface area (Å²) in [5.74, 6) is 0.380. The van der Waals surface area contributed by atoms with Crippen LogP contribution >= 0.6 is 23.2 Å². The van der Waals surface area contributed by atoms with Crippen LogP contribution in [0.5, 0.6) is 5.75 Å². The van der Waals surface area contributed by atoms with Crippen molar-refractivity contribution in [2.24, 2.45) is 0 Å². The molecule has 1 aromatic carbocycles. The smallest absolute Gasteiger partial charge is 0.258 e. The van der Waals surface area contributed by atoms with Crippen molar-refractivity contribution < 1.29 is 14.3 Å². The van der Waals surface area contributed by atoms with Gasteiger partial charge in [0.2, 0.25) is 5.91 Å². The van der Waals surface area contributed by atoms with Crippen LogP contribution in [0.2, 0.25) is 10.0 Å². The Hall–Kier alpha value is -1.76. The number of halogens is 2. The quantitative estimate of drug-likeness (QED) is 0.588. The molecule has 1 aromatic rings. The van der Waals surface area contributed by atoms with Gasteiger partial charge in [0.05, 0.1) is 10.0 Å². The van der Waals surface area contributed by atoms with Gasteiger partial charge in [0, 0.05) is 29.6 Å². The highest BCUT2D eigenvalue weighted by molar-refractivity contribution is 6.42. The normalized spacial score (nSPS) is 30.0. The van der Waals surface area contributed by atoms with E-state index in [0.29, 0.717) is 22.2 Å². The summed E-state index contributed by atoms with van der Waals surface area (Å²) in [5, 5.41) is 10.3. The number of amides is 2. The second-order valence-electron chi connectivity index (χ2n) is 8.03. The van der Waals surface area contributed by atoms with E-state index in [1.54, 1.807) is 18.2 Å². The van der Waals surface area contributed by atoms with Crippen molar-refractivity contribution in [1.29, 1.82) is 0 Å². The molecule has 3 N–H and O–H groups in total. The average Bonchev–Trinajstić information content (AvgIpc) is 2.60. The Morgan fingerprint density at radius 2 is 1.82 bits per heavy atom. The second-order valence-corrected chi connectivity index (χ2v) is 8.85. The van der Waals surface area contributed by atoms with Crippen molar-refractivity contribution in [2.45, 2.75) is 49.2 Å². The molecule has 1 heterocycles. The first kappa shape index (κ1) is 19.6. The predicted octanol–water partition coefficient (Wildman–Crippen LogP) is 2.59. The first-order chi connectivity index (χ1) is 13.4. The minimum absolute atomic E-state index is 0.0617. The number of carbonyl (C=O) groups is 2. The van der Waals surface area contributed by atoms with E-state index in [1.807, 2.05) is 0 Å². The van der Waals surface area contributed by atoms with Gasteiger partial charge in [-0.15, -0.1) is 0 Å². The Labute approximate surface area is 174 Å². The molecule has 0 aromatic heterocycles. The summed E-state index contributed by atoms with van der Waals surface area (Å²) in [7, 11) is 0. The molecule has 3 saturated carbocycles. The Morgan fingerprint density at radius 1 is 1.11 bits per heavy atom. The molecule has 28 heavy (non-hydrogen) atoms. The summed E-state index contributed by atoms with van der Waals surface area (Å²) in [4.78, 5) is 24.5. The van der Waals surface area contributed by atoms with Gasteiger partial charge in [-0.05, 0) is 44.4 Å². The molecule has 4 aliphatic rings. The summed E-state index contributed by atoms with van der Waals surface area (Å²) in [6, 6.07) is 5.00. The maximum atomic E-state index is 12.3. The predicted molar refractivity (Wildman–Crippen MR) is 108 cm³/mol. The van der Waals surface area contributed by atoms with Gasteiger partial charge in [0.1, 0.15) is 5.75 Å². The molecule has 3 fully saturated rings. The number of ether oxygens (including phenoxy) is 1. The second kappa shape index (κ2) is 7.58. The minimum atomic E-state index is -0.200. The van der Waals surface area contributed by atoms with Crippen molar-refractivity contribution in [2.75, 3.05) is 13.2 Å². The Kier molecular flexibility index (Phi) is 5.29. The lowest BCUT2D eigenvalue weighted by Gasteiger charge is -2.70. The van der Waals surface area contributed by atoms with E-state index in [-0.39, 0.29) is 35.5 Å². The molecule has 2 amide bonds. The zero-order valence-electron chi connectivity index (χ0n) is 15.4. The van der Waals surface area contributed by atoms with Crippen molar-refractivity contribution >= 4 is 35.0 Å². The highest BCUT2D eigenvalue weighted by atomic mass is 35.5. The third-order valence-electron chi connectivity index (χ3n) is 5.59. The van der Waals surface area contributed by atoms with E-state index < -0.39 is 0 Å². The fourth-order valence-corrected chi connectivity index (χ4v) is 4.76. The topological polar surface area (TPSA) is 79.5 Å². The van der Waals surface area contributed by atoms with E-state index in [2.05, 4.69) is 28.1 Å². The molecule has 6 nitrogen and oxygen atoms in total. The van der Waals surface area contributed by atoms with Crippen LogP contribution in [0.1, 0.15) is 32.1 Å². The van der Waals surface area contributed by atoms with Gasteiger partial charge in [-0.25, -0.2) is 0 Å². The minimum Gasteiger partial charge on any atom is -0.484 e. The van der Waals surface area contributed by atoms with Crippen LogP contribution < -0.4 is 20.7 Å². The molecular weight excluding hydrogens is 401 g/mol. The van der Waals surface area contributed by atoms with Gasteiger partial charge < -0.3 is 20.7 Å². The van der Waals surface area contributed by atoms with Gasteiger partial charge in [-0.3, -0.25) is 9.59 Å². The number of hydrogen-bond acceptors (Lipinski definition) is 4. The third-order valence-corrected chi connectivity index (χ3v) is 6.33. The molecule has 0 radical (unpaired) electrons. The first-order valence-corrected chi connectivity index (χ1v) is 10.2.